The van der Waals surface area contributed by atoms with Crippen molar-refractivity contribution in [3.05, 3.63) is 51.4 Å². The van der Waals surface area contributed by atoms with Gasteiger partial charge in [0.25, 0.3) is 0 Å². The number of aromatic nitrogens is 1. The van der Waals surface area contributed by atoms with Crippen LogP contribution < -0.4 is 5.32 Å². The van der Waals surface area contributed by atoms with Gasteiger partial charge >= 0.3 is 0 Å². The van der Waals surface area contributed by atoms with E-state index in [1.165, 1.54) is 0 Å². The highest BCUT2D eigenvalue weighted by atomic mass is 35.5. The third-order valence-corrected chi connectivity index (χ3v) is 3.51. The van der Waals surface area contributed by atoms with E-state index < -0.39 is 0 Å². The molecule has 2 rings (SSSR count). The van der Waals surface area contributed by atoms with E-state index in [1.807, 2.05) is 17.5 Å². The van der Waals surface area contributed by atoms with Crippen molar-refractivity contribution >= 4 is 28.8 Å². The first-order valence-electron chi connectivity index (χ1n) is 5.63. The van der Waals surface area contributed by atoms with Crippen molar-refractivity contribution in [1.29, 1.82) is 0 Å². The first-order chi connectivity index (χ1) is 8.74. The van der Waals surface area contributed by atoms with E-state index in [9.17, 15) is 4.79 Å². The number of benzene rings is 1. The molecule has 0 unspecified atom stereocenters. The van der Waals surface area contributed by atoms with Gasteiger partial charge in [-0.15, -0.1) is 11.3 Å². The van der Waals surface area contributed by atoms with E-state index in [2.05, 4.69) is 10.3 Å². The van der Waals surface area contributed by atoms with Crippen LogP contribution in [0.5, 0.6) is 0 Å². The van der Waals surface area contributed by atoms with Gasteiger partial charge in [0.15, 0.2) is 0 Å². The minimum atomic E-state index is 0.0221. The van der Waals surface area contributed by atoms with Crippen LogP contribution in [0.4, 0.5) is 0 Å². The summed E-state index contributed by atoms with van der Waals surface area (Å²) in [5, 5.41) is 6.54. The molecule has 0 radical (unpaired) electrons. The average molecular weight is 281 g/mol. The number of thiazole rings is 1. The lowest BCUT2D eigenvalue weighted by molar-refractivity contribution is -0.120. The maximum atomic E-state index is 11.7. The second kappa shape index (κ2) is 6.52. The van der Waals surface area contributed by atoms with Gasteiger partial charge in [-0.05, 0) is 17.7 Å². The normalized spacial score (nSPS) is 10.3. The Morgan fingerprint density at radius 3 is 2.78 bits per heavy atom. The molecule has 0 saturated heterocycles. The molecule has 2 aromatic rings. The molecule has 3 nitrogen and oxygen atoms in total. The van der Waals surface area contributed by atoms with E-state index in [0.717, 1.165) is 17.0 Å². The second-order valence-corrected chi connectivity index (χ2v) is 5.24. The summed E-state index contributed by atoms with van der Waals surface area (Å²) in [7, 11) is 0. The largest absolute Gasteiger partial charge is 0.355 e. The lowest BCUT2D eigenvalue weighted by Crippen LogP contribution is -2.27. The van der Waals surface area contributed by atoms with Crippen LogP contribution in [-0.2, 0) is 17.6 Å². The first kappa shape index (κ1) is 13.1. The summed E-state index contributed by atoms with van der Waals surface area (Å²) in [6.07, 6.45) is 2.94. The third-order valence-electron chi connectivity index (χ3n) is 2.42. The fourth-order valence-electron chi connectivity index (χ4n) is 1.54. The number of hydrogen-bond donors (Lipinski definition) is 1. The molecule has 1 aromatic heterocycles. The Morgan fingerprint density at radius 2 is 2.11 bits per heavy atom. The van der Waals surface area contributed by atoms with Crippen molar-refractivity contribution < 1.29 is 4.79 Å². The van der Waals surface area contributed by atoms with Crippen molar-refractivity contribution in [3.8, 4) is 0 Å². The molecule has 94 valence electrons. The van der Waals surface area contributed by atoms with Gasteiger partial charge in [0.1, 0.15) is 0 Å². The molecular formula is C13H13ClN2OS. The Balaban J connectivity index is 1.73. The molecule has 0 atom stereocenters. The summed E-state index contributed by atoms with van der Waals surface area (Å²) < 4.78 is 0. The van der Waals surface area contributed by atoms with Crippen molar-refractivity contribution in [2.75, 3.05) is 6.54 Å². The molecule has 0 aliphatic carbocycles. The predicted octanol–water partition coefficient (Wildman–Crippen LogP) is 2.70. The predicted molar refractivity (Wildman–Crippen MR) is 74.0 cm³/mol. The molecule has 18 heavy (non-hydrogen) atoms. The summed E-state index contributed by atoms with van der Waals surface area (Å²) in [4.78, 5) is 15.8. The topological polar surface area (TPSA) is 42.0 Å². The molecule has 1 N–H and O–H groups in total. The van der Waals surface area contributed by atoms with E-state index >= 15 is 0 Å². The third kappa shape index (κ3) is 4.13. The molecule has 0 bridgehead atoms. The highest BCUT2D eigenvalue weighted by molar-refractivity contribution is 7.09. The van der Waals surface area contributed by atoms with Crippen LogP contribution in [0.25, 0.3) is 0 Å². The van der Waals surface area contributed by atoms with E-state index in [-0.39, 0.29) is 5.91 Å². The van der Waals surface area contributed by atoms with E-state index in [0.29, 0.717) is 18.0 Å². The molecule has 1 aromatic carbocycles. The SMILES string of the molecule is O=C(Cc1ccc(Cl)cc1)NCCc1nccs1. The monoisotopic (exact) mass is 280 g/mol. The summed E-state index contributed by atoms with van der Waals surface area (Å²) in [6.45, 7) is 0.625. The van der Waals surface area contributed by atoms with Crippen molar-refractivity contribution in [2.45, 2.75) is 12.8 Å². The van der Waals surface area contributed by atoms with Gasteiger partial charge in [-0.2, -0.15) is 0 Å². The van der Waals surface area contributed by atoms with Crippen LogP contribution in [0, 0.1) is 0 Å². The summed E-state index contributed by atoms with van der Waals surface area (Å²) in [5.41, 5.74) is 0.964. The van der Waals surface area contributed by atoms with Crippen molar-refractivity contribution in [3.63, 3.8) is 0 Å². The van der Waals surface area contributed by atoms with Gasteiger partial charge in [0.2, 0.25) is 5.91 Å². The van der Waals surface area contributed by atoms with E-state index in [1.54, 1.807) is 29.7 Å². The zero-order valence-corrected chi connectivity index (χ0v) is 11.3. The van der Waals surface area contributed by atoms with Gasteiger partial charge in [-0.1, -0.05) is 23.7 Å². The number of rotatable bonds is 5. The molecule has 0 aliphatic heterocycles. The van der Waals surface area contributed by atoms with Gasteiger partial charge in [0.05, 0.1) is 11.4 Å². The smallest absolute Gasteiger partial charge is 0.224 e. The van der Waals surface area contributed by atoms with Gasteiger partial charge < -0.3 is 5.32 Å². The molecule has 0 spiro atoms. The Labute approximate surface area is 115 Å². The Kier molecular flexibility index (Phi) is 4.73. The molecular weight excluding hydrogens is 268 g/mol. The minimum absolute atomic E-state index is 0.0221. The molecule has 0 aliphatic rings. The molecule has 1 heterocycles. The quantitative estimate of drug-likeness (QED) is 0.915. The fourth-order valence-corrected chi connectivity index (χ4v) is 2.28. The Morgan fingerprint density at radius 1 is 1.33 bits per heavy atom. The van der Waals surface area contributed by atoms with Crippen molar-refractivity contribution in [2.24, 2.45) is 0 Å². The molecule has 1 amide bonds. The zero-order valence-electron chi connectivity index (χ0n) is 9.73. The lowest BCUT2D eigenvalue weighted by Gasteiger charge is -2.04. The average Bonchev–Trinajstić information content (AvgIpc) is 2.85. The summed E-state index contributed by atoms with van der Waals surface area (Å²) in [5.74, 6) is 0.0221. The summed E-state index contributed by atoms with van der Waals surface area (Å²) >= 11 is 7.39. The van der Waals surface area contributed by atoms with Crippen LogP contribution in [0.15, 0.2) is 35.8 Å². The van der Waals surface area contributed by atoms with Gasteiger partial charge in [-0.3, -0.25) is 4.79 Å². The number of amides is 1. The Hall–Kier alpha value is -1.39. The number of nitrogens with zero attached hydrogens (tertiary/aromatic N) is 1. The molecule has 0 fully saturated rings. The van der Waals surface area contributed by atoms with Crippen LogP contribution >= 0.6 is 22.9 Å². The number of hydrogen-bond acceptors (Lipinski definition) is 3. The number of nitrogens with one attached hydrogen (secondary N) is 1. The minimum Gasteiger partial charge on any atom is -0.355 e. The van der Waals surface area contributed by atoms with Gasteiger partial charge in [0, 0.05) is 29.6 Å². The van der Waals surface area contributed by atoms with Crippen LogP contribution in [0.1, 0.15) is 10.6 Å². The number of carbonyl (C=O) groups is 1. The van der Waals surface area contributed by atoms with Crippen LogP contribution in [-0.4, -0.2) is 17.4 Å². The van der Waals surface area contributed by atoms with Crippen LogP contribution in [0.3, 0.4) is 0 Å². The maximum absolute atomic E-state index is 11.7. The zero-order chi connectivity index (χ0) is 12.8. The van der Waals surface area contributed by atoms with Crippen LogP contribution in [0.2, 0.25) is 5.02 Å². The standard InChI is InChI=1S/C13H13ClN2OS/c14-11-3-1-10(2-4-11)9-12(17)15-6-5-13-16-7-8-18-13/h1-4,7-8H,5-6,9H2,(H,15,17). The van der Waals surface area contributed by atoms with Gasteiger partial charge in [-0.25, -0.2) is 4.98 Å². The molecule has 0 saturated carbocycles. The van der Waals surface area contributed by atoms with Crippen molar-refractivity contribution in [1.82, 2.24) is 10.3 Å². The second-order valence-electron chi connectivity index (χ2n) is 3.83. The number of halogens is 1. The lowest BCUT2D eigenvalue weighted by atomic mass is 10.1. The summed E-state index contributed by atoms with van der Waals surface area (Å²) in [6, 6.07) is 7.31. The molecule has 5 heteroatoms. The highest BCUT2D eigenvalue weighted by Crippen LogP contribution is 2.09. The van der Waals surface area contributed by atoms with E-state index in [4.69, 9.17) is 11.6 Å². The fraction of sp³-hybridized carbons (Fsp3) is 0.231. The maximum Gasteiger partial charge on any atom is 0.224 e. The Bertz CT molecular complexity index is 496. The highest BCUT2D eigenvalue weighted by Gasteiger charge is 2.03. The number of carbonyl (C=O) groups excluding carboxylic acids is 1. The first-order valence-corrected chi connectivity index (χ1v) is 6.89.